The lowest BCUT2D eigenvalue weighted by Gasteiger charge is -2.24. The summed E-state index contributed by atoms with van der Waals surface area (Å²) in [6.45, 7) is 9.29. The SMILES string of the molecule is CC(CNC(=O)OC(C)(C)C)NCC1CSCCS1. The summed E-state index contributed by atoms with van der Waals surface area (Å²) < 4.78 is 5.20. The molecule has 0 aliphatic carbocycles. The normalized spacial score (nSPS) is 21.8. The van der Waals surface area contributed by atoms with Crippen molar-refractivity contribution in [2.24, 2.45) is 0 Å². The Hall–Kier alpha value is -0.0700. The van der Waals surface area contributed by atoms with E-state index in [1.165, 1.54) is 17.3 Å². The third-order valence-corrected chi connectivity index (χ3v) is 5.38. The molecule has 1 amide bonds. The van der Waals surface area contributed by atoms with Gasteiger partial charge in [0, 0.05) is 41.6 Å². The fraction of sp³-hybridized carbons (Fsp3) is 0.923. The van der Waals surface area contributed by atoms with Gasteiger partial charge in [-0.15, -0.1) is 0 Å². The fourth-order valence-corrected chi connectivity index (χ4v) is 4.23. The highest BCUT2D eigenvalue weighted by Crippen LogP contribution is 2.23. The molecule has 1 aliphatic rings. The molecule has 0 aromatic heterocycles. The third-order valence-electron chi connectivity index (χ3n) is 2.53. The predicted molar refractivity (Wildman–Crippen MR) is 85.3 cm³/mol. The molecule has 0 aromatic rings. The third kappa shape index (κ3) is 8.65. The van der Waals surface area contributed by atoms with Crippen LogP contribution in [0.2, 0.25) is 0 Å². The Morgan fingerprint density at radius 2 is 2.16 bits per heavy atom. The Morgan fingerprint density at radius 1 is 1.42 bits per heavy atom. The summed E-state index contributed by atoms with van der Waals surface area (Å²) in [5.74, 6) is 3.75. The fourth-order valence-electron chi connectivity index (χ4n) is 1.61. The number of carbonyl (C=O) groups excluding carboxylic acids is 1. The lowest BCUT2D eigenvalue weighted by atomic mass is 10.2. The molecule has 1 aliphatic heterocycles. The number of hydrogen-bond acceptors (Lipinski definition) is 5. The van der Waals surface area contributed by atoms with Gasteiger partial charge in [0.05, 0.1) is 0 Å². The van der Waals surface area contributed by atoms with Gasteiger partial charge in [-0.2, -0.15) is 23.5 Å². The van der Waals surface area contributed by atoms with Gasteiger partial charge < -0.3 is 15.4 Å². The van der Waals surface area contributed by atoms with Gasteiger partial charge >= 0.3 is 6.09 Å². The summed E-state index contributed by atoms with van der Waals surface area (Å²) in [6, 6.07) is 0.264. The number of rotatable bonds is 5. The molecule has 0 radical (unpaired) electrons. The number of hydrogen-bond donors (Lipinski definition) is 2. The predicted octanol–water partition coefficient (Wildman–Crippen LogP) is 2.34. The van der Waals surface area contributed by atoms with E-state index < -0.39 is 5.60 Å². The van der Waals surface area contributed by atoms with Crippen molar-refractivity contribution >= 4 is 29.6 Å². The van der Waals surface area contributed by atoms with Crippen LogP contribution in [0.25, 0.3) is 0 Å². The van der Waals surface area contributed by atoms with E-state index in [9.17, 15) is 4.79 Å². The second-order valence-corrected chi connectivity index (χ2v) is 8.32. The van der Waals surface area contributed by atoms with Crippen molar-refractivity contribution < 1.29 is 9.53 Å². The van der Waals surface area contributed by atoms with Crippen molar-refractivity contribution in [1.29, 1.82) is 0 Å². The number of nitrogens with one attached hydrogen (secondary N) is 2. The molecule has 2 unspecified atom stereocenters. The Bertz CT molecular complexity index is 276. The maximum atomic E-state index is 11.5. The van der Waals surface area contributed by atoms with Crippen molar-refractivity contribution in [2.45, 2.75) is 44.6 Å². The van der Waals surface area contributed by atoms with Gasteiger partial charge in [0.25, 0.3) is 0 Å². The van der Waals surface area contributed by atoms with Gasteiger partial charge in [-0.3, -0.25) is 0 Å². The zero-order valence-electron chi connectivity index (χ0n) is 12.3. The summed E-state index contributed by atoms with van der Waals surface area (Å²) in [6.07, 6.45) is -0.344. The first kappa shape index (κ1) is 17.0. The molecule has 6 heteroatoms. The Kier molecular flexibility index (Phi) is 7.39. The van der Waals surface area contributed by atoms with Crippen molar-refractivity contribution in [2.75, 3.05) is 30.3 Å². The van der Waals surface area contributed by atoms with Crippen LogP contribution in [0.3, 0.4) is 0 Å². The lowest BCUT2D eigenvalue weighted by Crippen LogP contribution is -2.43. The molecule has 0 spiro atoms. The highest BCUT2D eigenvalue weighted by atomic mass is 32.2. The van der Waals surface area contributed by atoms with Crippen molar-refractivity contribution in [3.05, 3.63) is 0 Å². The number of thioether (sulfide) groups is 2. The molecule has 4 nitrogen and oxygen atoms in total. The summed E-state index contributed by atoms with van der Waals surface area (Å²) >= 11 is 4.07. The van der Waals surface area contributed by atoms with E-state index in [1.54, 1.807) is 0 Å². The maximum absolute atomic E-state index is 11.5. The average molecular weight is 306 g/mol. The first-order chi connectivity index (χ1) is 8.87. The number of carbonyl (C=O) groups is 1. The van der Waals surface area contributed by atoms with E-state index in [1.807, 2.05) is 44.3 Å². The molecular weight excluding hydrogens is 280 g/mol. The van der Waals surface area contributed by atoms with Gasteiger partial charge in [-0.1, -0.05) is 0 Å². The summed E-state index contributed by atoms with van der Waals surface area (Å²) in [5.41, 5.74) is -0.434. The molecule has 1 saturated heterocycles. The van der Waals surface area contributed by atoms with E-state index in [2.05, 4.69) is 17.6 Å². The topological polar surface area (TPSA) is 50.4 Å². The monoisotopic (exact) mass is 306 g/mol. The minimum atomic E-state index is -0.434. The minimum absolute atomic E-state index is 0.264. The first-order valence-electron chi connectivity index (χ1n) is 6.76. The van der Waals surface area contributed by atoms with Crippen LogP contribution in [-0.2, 0) is 4.74 Å². The highest BCUT2D eigenvalue weighted by Gasteiger charge is 2.17. The second kappa shape index (κ2) is 8.27. The van der Waals surface area contributed by atoms with Crippen LogP contribution in [0.1, 0.15) is 27.7 Å². The van der Waals surface area contributed by atoms with Crippen LogP contribution in [0.5, 0.6) is 0 Å². The molecular formula is C13H26N2O2S2. The van der Waals surface area contributed by atoms with Crippen molar-refractivity contribution in [1.82, 2.24) is 10.6 Å². The zero-order chi connectivity index (χ0) is 14.3. The van der Waals surface area contributed by atoms with Gasteiger partial charge in [0.1, 0.15) is 5.60 Å². The highest BCUT2D eigenvalue weighted by molar-refractivity contribution is 8.06. The molecule has 2 atom stereocenters. The summed E-state index contributed by atoms with van der Waals surface area (Å²) in [5, 5.41) is 6.95. The number of amides is 1. The molecule has 0 saturated carbocycles. The van der Waals surface area contributed by atoms with Crippen molar-refractivity contribution in [3.8, 4) is 0 Å². The Balaban J connectivity index is 2.10. The van der Waals surface area contributed by atoms with Crippen LogP contribution >= 0.6 is 23.5 Å². The van der Waals surface area contributed by atoms with Crippen LogP contribution in [0.15, 0.2) is 0 Å². The molecule has 1 heterocycles. The largest absolute Gasteiger partial charge is 0.444 e. The molecule has 19 heavy (non-hydrogen) atoms. The first-order valence-corrected chi connectivity index (χ1v) is 8.97. The van der Waals surface area contributed by atoms with Crippen LogP contribution in [0, 0.1) is 0 Å². The quantitative estimate of drug-likeness (QED) is 0.816. The Labute approximate surface area is 125 Å². The van der Waals surface area contributed by atoms with Gasteiger partial charge in [0.2, 0.25) is 0 Å². The van der Waals surface area contributed by atoms with Gasteiger partial charge in [-0.05, 0) is 27.7 Å². The van der Waals surface area contributed by atoms with E-state index in [4.69, 9.17) is 4.74 Å². The zero-order valence-corrected chi connectivity index (χ0v) is 14.0. The second-order valence-electron chi connectivity index (χ2n) is 5.76. The van der Waals surface area contributed by atoms with Crippen LogP contribution in [0.4, 0.5) is 4.79 Å². The van der Waals surface area contributed by atoms with Crippen LogP contribution in [-0.4, -0.2) is 53.3 Å². The van der Waals surface area contributed by atoms with Crippen molar-refractivity contribution in [3.63, 3.8) is 0 Å². The molecule has 112 valence electrons. The molecule has 0 bridgehead atoms. The summed E-state index contributed by atoms with van der Waals surface area (Å²) in [7, 11) is 0. The standard InChI is InChI=1S/C13H26N2O2S2/c1-10(7-15-12(16)17-13(2,3)4)14-8-11-9-18-5-6-19-11/h10-11,14H,5-9H2,1-4H3,(H,15,16). The Morgan fingerprint density at radius 3 is 2.74 bits per heavy atom. The lowest BCUT2D eigenvalue weighted by molar-refractivity contribution is 0.0523. The number of ether oxygens (including phenoxy) is 1. The van der Waals surface area contributed by atoms with E-state index >= 15 is 0 Å². The van der Waals surface area contributed by atoms with Gasteiger partial charge in [-0.25, -0.2) is 4.79 Å². The van der Waals surface area contributed by atoms with Gasteiger partial charge in [0.15, 0.2) is 0 Å². The molecule has 2 N–H and O–H groups in total. The van der Waals surface area contributed by atoms with E-state index in [0.29, 0.717) is 11.8 Å². The summed E-state index contributed by atoms with van der Waals surface area (Å²) in [4.78, 5) is 11.5. The smallest absolute Gasteiger partial charge is 0.407 e. The van der Waals surface area contributed by atoms with E-state index in [0.717, 1.165) is 6.54 Å². The average Bonchev–Trinajstić information content (AvgIpc) is 2.33. The molecule has 1 rings (SSSR count). The minimum Gasteiger partial charge on any atom is -0.444 e. The number of alkyl carbamates (subject to hydrolysis) is 1. The van der Waals surface area contributed by atoms with Crippen LogP contribution < -0.4 is 10.6 Å². The molecule has 1 fully saturated rings. The van der Waals surface area contributed by atoms with E-state index in [-0.39, 0.29) is 12.1 Å². The molecule has 0 aromatic carbocycles. The maximum Gasteiger partial charge on any atom is 0.407 e.